The Bertz CT molecular complexity index is 1330. The Morgan fingerprint density at radius 3 is 2.68 bits per heavy atom. The Kier molecular flexibility index (Phi) is 6.17. The Morgan fingerprint density at radius 2 is 1.94 bits per heavy atom. The average Bonchev–Trinajstić information content (AvgIpc) is 3.33. The molecule has 3 heterocycles. The maximum absolute atomic E-state index is 12.5. The normalized spacial score (nSPS) is 11.6. The lowest BCUT2D eigenvalue weighted by Crippen LogP contribution is -2.31. The lowest BCUT2D eigenvalue weighted by molar-refractivity contribution is 0.340. The number of thioether (sulfide) groups is 1. The van der Waals surface area contributed by atoms with Crippen LogP contribution in [-0.2, 0) is 18.8 Å². The molecule has 0 atom stereocenters. The maximum Gasteiger partial charge on any atom is 0.330 e. The van der Waals surface area contributed by atoms with E-state index in [2.05, 4.69) is 26.9 Å². The largest absolute Gasteiger partial charge is 0.494 e. The summed E-state index contributed by atoms with van der Waals surface area (Å²) in [5.74, 6) is 2.05. The van der Waals surface area contributed by atoms with Crippen LogP contribution in [0.3, 0.4) is 0 Å². The molecule has 0 aliphatic rings. The predicted molar refractivity (Wildman–Crippen MR) is 122 cm³/mol. The van der Waals surface area contributed by atoms with Crippen molar-refractivity contribution in [3.63, 3.8) is 0 Å². The van der Waals surface area contributed by atoms with Crippen LogP contribution < -0.4 is 16.0 Å². The van der Waals surface area contributed by atoms with Crippen molar-refractivity contribution >= 4 is 34.0 Å². The van der Waals surface area contributed by atoms with Gasteiger partial charge in [-0.3, -0.25) is 14.3 Å². The zero-order valence-electron chi connectivity index (χ0n) is 17.9. The molecule has 0 radical (unpaired) electrons. The van der Waals surface area contributed by atoms with E-state index in [1.807, 2.05) is 36.6 Å². The van der Waals surface area contributed by atoms with Gasteiger partial charge in [-0.25, -0.2) is 14.8 Å². The number of nitrogens with zero attached hydrogens (tertiary/aromatic N) is 4. The third-order valence-electron chi connectivity index (χ3n) is 5.10. The fourth-order valence-electron chi connectivity index (χ4n) is 3.62. The highest BCUT2D eigenvalue weighted by Gasteiger charge is 2.18. The van der Waals surface area contributed by atoms with Crippen molar-refractivity contribution < 1.29 is 4.74 Å². The van der Waals surface area contributed by atoms with Crippen LogP contribution in [-0.4, -0.2) is 35.7 Å². The van der Waals surface area contributed by atoms with Crippen molar-refractivity contribution in [2.45, 2.75) is 57.6 Å². The van der Waals surface area contributed by atoms with E-state index in [1.54, 1.807) is 4.57 Å². The summed E-state index contributed by atoms with van der Waals surface area (Å²) in [5, 5.41) is 0.760. The molecule has 0 bridgehead atoms. The monoisotopic (exact) mass is 442 g/mol. The Balaban J connectivity index is 1.66. The quantitative estimate of drug-likeness (QED) is 0.385. The molecule has 3 aromatic heterocycles. The molecule has 0 fully saturated rings. The van der Waals surface area contributed by atoms with E-state index in [-0.39, 0.29) is 0 Å². The summed E-state index contributed by atoms with van der Waals surface area (Å²) in [5.41, 5.74) is 1.85. The van der Waals surface area contributed by atoms with E-state index in [9.17, 15) is 9.59 Å². The third-order valence-corrected chi connectivity index (χ3v) is 5.97. The van der Waals surface area contributed by atoms with Gasteiger partial charge in [-0.2, -0.15) is 0 Å². The highest BCUT2D eigenvalue weighted by Crippen LogP contribution is 2.26. The SMILES string of the molecule is CCCCn1c(=O)[nH]c(=O)c2c1nc(CSc1nc3ccc(OCC)cc3[nH]1)n2CC. The highest BCUT2D eigenvalue weighted by molar-refractivity contribution is 7.98. The van der Waals surface area contributed by atoms with E-state index in [0.29, 0.717) is 36.6 Å². The lowest BCUT2D eigenvalue weighted by Gasteiger charge is -2.06. The summed E-state index contributed by atoms with van der Waals surface area (Å²) < 4.78 is 8.99. The van der Waals surface area contributed by atoms with Gasteiger partial charge in [0.05, 0.1) is 23.4 Å². The number of aryl methyl sites for hydroxylation is 2. The molecule has 0 unspecified atom stereocenters. The van der Waals surface area contributed by atoms with Crippen LogP contribution in [0.4, 0.5) is 0 Å². The minimum Gasteiger partial charge on any atom is -0.494 e. The molecule has 4 rings (SSSR count). The van der Waals surface area contributed by atoms with Gasteiger partial charge in [-0.15, -0.1) is 0 Å². The fraction of sp³-hybridized carbons (Fsp3) is 0.429. The van der Waals surface area contributed by atoms with Gasteiger partial charge < -0.3 is 14.3 Å². The summed E-state index contributed by atoms with van der Waals surface area (Å²) in [6, 6.07) is 5.76. The zero-order valence-corrected chi connectivity index (χ0v) is 18.7. The molecular formula is C21H26N6O3S. The van der Waals surface area contributed by atoms with Crippen LogP contribution in [0.2, 0.25) is 0 Å². The van der Waals surface area contributed by atoms with Gasteiger partial charge in [0.25, 0.3) is 5.56 Å². The molecule has 0 spiro atoms. The molecule has 2 N–H and O–H groups in total. The molecule has 0 saturated carbocycles. The van der Waals surface area contributed by atoms with Crippen molar-refractivity contribution in [1.29, 1.82) is 0 Å². The summed E-state index contributed by atoms with van der Waals surface area (Å²) in [6.07, 6.45) is 1.79. The summed E-state index contributed by atoms with van der Waals surface area (Å²) in [4.78, 5) is 39.9. The van der Waals surface area contributed by atoms with Crippen molar-refractivity contribution in [2.75, 3.05) is 6.61 Å². The molecule has 0 saturated heterocycles. The number of aromatic nitrogens is 6. The molecule has 10 heteroatoms. The van der Waals surface area contributed by atoms with Crippen molar-refractivity contribution in [3.8, 4) is 5.75 Å². The van der Waals surface area contributed by atoms with Gasteiger partial charge in [-0.05, 0) is 32.4 Å². The zero-order chi connectivity index (χ0) is 22.0. The number of imidazole rings is 2. The first kappa shape index (κ1) is 21.2. The van der Waals surface area contributed by atoms with E-state index < -0.39 is 11.2 Å². The van der Waals surface area contributed by atoms with Gasteiger partial charge in [-0.1, -0.05) is 25.1 Å². The van der Waals surface area contributed by atoms with E-state index in [4.69, 9.17) is 4.74 Å². The number of benzene rings is 1. The van der Waals surface area contributed by atoms with E-state index >= 15 is 0 Å². The molecule has 0 amide bonds. The number of unbranched alkanes of at least 4 members (excludes halogenated alkanes) is 1. The summed E-state index contributed by atoms with van der Waals surface area (Å²) in [7, 11) is 0. The van der Waals surface area contributed by atoms with Crippen LogP contribution in [0, 0.1) is 0 Å². The van der Waals surface area contributed by atoms with E-state index in [1.165, 1.54) is 11.8 Å². The number of nitrogens with one attached hydrogen (secondary N) is 2. The van der Waals surface area contributed by atoms with Crippen LogP contribution >= 0.6 is 11.8 Å². The molecule has 9 nitrogen and oxygen atoms in total. The standard InChI is InChI=1S/C21H26N6O3S/c1-4-7-10-27-18-17(19(28)25-21(27)29)26(5-2)16(24-18)12-31-20-22-14-9-8-13(30-6-3)11-15(14)23-20/h8-9,11H,4-7,10,12H2,1-3H3,(H,22,23)(H,25,28,29). The molecule has 1 aromatic carbocycles. The molecular weight excluding hydrogens is 416 g/mol. The molecule has 4 aromatic rings. The number of hydrogen-bond donors (Lipinski definition) is 2. The van der Waals surface area contributed by atoms with Gasteiger partial charge in [0.2, 0.25) is 0 Å². The summed E-state index contributed by atoms with van der Waals surface area (Å²) >= 11 is 1.51. The number of hydrogen-bond acceptors (Lipinski definition) is 6. The molecule has 0 aliphatic heterocycles. The second-order valence-corrected chi connectivity index (χ2v) is 8.12. The van der Waals surface area contributed by atoms with Crippen LogP contribution in [0.5, 0.6) is 5.75 Å². The maximum atomic E-state index is 12.5. The van der Waals surface area contributed by atoms with Gasteiger partial charge in [0, 0.05) is 19.2 Å². The Hall–Kier alpha value is -3.01. The van der Waals surface area contributed by atoms with Gasteiger partial charge in [0.1, 0.15) is 11.6 Å². The molecule has 0 aliphatic carbocycles. The van der Waals surface area contributed by atoms with Gasteiger partial charge >= 0.3 is 5.69 Å². The number of fused-ring (bicyclic) bond motifs is 2. The molecule has 164 valence electrons. The third kappa shape index (κ3) is 4.12. The van der Waals surface area contributed by atoms with Crippen molar-refractivity contribution in [2.24, 2.45) is 0 Å². The minimum absolute atomic E-state index is 0.398. The number of ether oxygens (including phenoxy) is 1. The second-order valence-electron chi connectivity index (χ2n) is 7.15. The lowest BCUT2D eigenvalue weighted by atomic mass is 10.3. The minimum atomic E-state index is -0.409. The number of H-pyrrole nitrogens is 2. The van der Waals surface area contributed by atoms with Gasteiger partial charge in [0.15, 0.2) is 16.3 Å². The first-order valence-corrected chi connectivity index (χ1v) is 11.5. The Labute approximate surface area is 182 Å². The summed E-state index contributed by atoms with van der Waals surface area (Å²) in [6.45, 7) is 7.70. The van der Waals surface area contributed by atoms with Crippen LogP contribution in [0.25, 0.3) is 22.2 Å². The Morgan fingerprint density at radius 1 is 1.10 bits per heavy atom. The van der Waals surface area contributed by atoms with Crippen LogP contribution in [0.1, 0.15) is 39.4 Å². The number of rotatable bonds is 9. The first-order valence-electron chi connectivity index (χ1n) is 10.5. The highest BCUT2D eigenvalue weighted by atomic mass is 32.2. The topological polar surface area (TPSA) is 111 Å². The fourth-order valence-corrected chi connectivity index (χ4v) is 4.45. The second kappa shape index (κ2) is 9.01. The first-order chi connectivity index (χ1) is 15.0. The van der Waals surface area contributed by atoms with Crippen molar-refractivity contribution in [3.05, 3.63) is 44.9 Å². The van der Waals surface area contributed by atoms with Crippen molar-refractivity contribution in [1.82, 2.24) is 29.1 Å². The predicted octanol–water partition coefficient (Wildman–Crippen LogP) is 3.27. The molecule has 31 heavy (non-hydrogen) atoms. The van der Waals surface area contributed by atoms with E-state index in [0.717, 1.165) is 40.6 Å². The average molecular weight is 443 g/mol. The van der Waals surface area contributed by atoms with Crippen LogP contribution in [0.15, 0.2) is 32.9 Å². The smallest absolute Gasteiger partial charge is 0.330 e. The number of aromatic amines is 2.